The molecule has 0 unspecified atom stereocenters. The van der Waals surface area contributed by atoms with Gasteiger partial charge in [0.1, 0.15) is 0 Å². The minimum Gasteiger partial charge on any atom is -0.321 e. The van der Waals surface area contributed by atoms with E-state index in [0.717, 1.165) is 23.5 Å². The van der Waals surface area contributed by atoms with Gasteiger partial charge in [-0.1, -0.05) is 42.5 Å². The quantitative estimate of drug-likeness (QED) is 0.214. The van der Waals surface area contributed by atoms with Crippen molar-refractivity contribution in [2.24, 2.45) is 0 Å². The van der Waals surface area contributed by atoms with Crippen molar-refractivity contribution >= 4 is 17.5 Å². The summed E-state index contributed by atoms with van der Waals surface area (Å²) < 4.78 is 165. The Balaban J connectivity index is 2.45. The summed E-state index contributed by atoms with van der Waals surface area (Å²) in [6.07, 6.45) is 0. The molecule has 3 N–H and O–H groups in total. The number of hydrogen-bond acceptors (Lipinski definition) is 3. The number of rotatable bonds is 9. The van der Waals surface area contributed by atoms with Gasteiger partial charge in [0, 0.05) is 5.69 Å². The van der Waals surface area contributed by atoms with E-state index in [1.54, 1.807) is 6.07 Å². The van der Waals surface area contributed by atoms with Crippen molar-refractivity contribution in [3.05, 3.63) is 54.6 Å². The average molecular weight is 556 g/mol. The molecule has 0 radical (unpaired) electrons. The Labute approximate surface area is 198 Å². The van der Waals surface area contributed by atoms with Crippen LogP contribution < -0.4 is 10.8 Å². The lowest BCUT2D eigenvalue weighted by Crippen LogP contribution is -2.73. The zero-order valence-electron chi connectivity index (χ0n) is 17.5. The fourth-order valence-electron chi connectivity index (χ4n) is 2.76. The molecule has 0 heterocycles. The van der Waals surface area contributed by atoms with Crippen LogP contribution in [0.1, 0.15) is 0 Å². The molecule has 37 heavy (non-hydrogen) atoms. The molecule has 2 aromatic carbocycles. The molecule has 0 aliphatic carbocycles. The van der Waals surface area contributed by atoms with Crippen molar-refractivity contribution in [2.45, 2.75) is 35.5 Å². The fourth-order valence-corrected chi connectivity index (χ4v) is 2.76. The molecule has 0 atom stereocenters. The van der Waals surface area contributed by atoms with Crippen LogP contribution in [0.25, 0.3) is 11.1 Å². The number of carbonyl (C=O) groups excluding carboxylic acids is 2. The Morgan fingerprint density at radius 1 is 0.568 bits per heavy atom. The van der Waals surface area contributed by atoms with E-state index in [-0.39, 0.29) is 11.0 Å². The maximum absolute atomic E-state index is 14.1. The highest BCUT2D eigenvalue weighted by Gasteiger charge is 2.92. The number of alkyl halides is 12. The second-order valence-corrected chi connectivity index (χ2v) is 7.29. The number of halogens is 12. The number of nitrogens with one attached hydrogen (secondary N) is 2. The molecule has 0 saturated heterocycles. The maximum atomic E-state index is 14.1. The molecule has 0 aliphatic heterocycles. The Morgan fingerprint density at radius 3 is 1.46 bits per heavy atom. The third kappa shape index (κ3) is 4.55. The van der Waals surface area contributed by atoms with E-state index in [2.05, 4.69) is 0 Å². The molecule has 0 aromatic heterocycles. The first-order chi connectivity index (χ1) is 16.7. The Hall–Kier alpha value is -3.50. The molecule has 17 heteroatoms. The largest absolute Gasteiger partial charge is 0.394 e. The van der Waals surface area contributed by atoms with Crippen LogP contribution in [0.15, 0.2) is 54.6 Å². The standard InChI is InChI=1S/C20H12F12N2O3/c21-15(22,13(35)33-12-8-4-7-11(9-12)10-5-2-1-3-6-10)17(25,26)19(29,30)20(31,32)18(27,28)16(23,24)14(36)34-37/h1-9,37H,(H,33,35)(H,34,36). The number of hydrogen-bond donors (Lipinski definition) is 3. The van der Waals surface area contributed by atoms with Crippen LogP contribution in [0.2, 0.25) is 0 Å². The van der Waals surface area contributed by atoms with E-state index < -0.39 is 53.0 Å². The summed E-state index contributed by atoms with van der Waals surface area (Å²) in [5, 5.41) is 8.97. The summed E-state index contributed by atoms with van der Waals surface area (Å²) in [6, 6.07) is 11.6. The third-order valence-electron chi connectivity index (χ3n) is 4.87. The van der Waals surface area contributed by atoms with Crippen LogP contribution in [0.5, 0.6) is 0 Å². The first-order valence-electron chi connectivity index (χ1n) is 9.38. The Bertz CT molecular complexity index is 1160. The van der Waals surface area contributed by atoms with Gasteiger partial charge in [-0.25, -0.2) is 5.48 Å². The molecule has 2 aromatic rings. The van der Waals surface area contributed by atoms with Crippen molar-refractivity contribution in [3.8, 4) is 11.1 Å². The lowest BCUT2D eigenvalue weighted by atomic mass is 9.90. The molecular formula is C20H12F12N2O3. The van der Waals surface area contributed by atoms with Gasteiger partial charge in [-0.3, -0.25) is 14.8 Å². The zero-order valence-corrected chi connectivity index (χ0v) is 17.5. The molecule has 5 nitrogen and oxygen atoms in total. The molecule has 2 rings (SSSR count). The van der Waals surface area contributed by atoms with E-state index in [1.807, 2.05) is 0 Å². The number of anilines is 1. The number of benzene rings is 2. The summed E-state index contributed by atoms with van der Waals surface area (Å²) in [4.78, 5) is 22.3. The van der Waals surface area contributed by atoms with Crippen LogP contribution in [0, 0.1) is 0 Å². The second-order valence-electron chi connectivity index (χ2n) is 7.29. The van der Waals surface area contributed by atoms with Gasteiger partial charge in [-0.2, -0.15) is 52.7 Å². The number of hydroxylamine groups is 1. The molecule has 0 bridgehead atoms. The van der Waals surface area contributed by atoms with Gasteiger partial charge < -0.3 is 5.32 Å². The first kappa shape index (κ1) is 29.7. The van der Waals surface area contributed by atoms with Crippen molar-refractivity contribution in [1.82, 2.24) is 5.48 Å². The number of amides is 2. The summed E-state index contributed by atoms with van der Waals surface area (Å²) in [6.45, 7) is 0. The highest BCUT2D eigenvalue weighted by molar-refractivity contribution is 5.97. The predicted molar refractivity (Wildman–Crippen MR) is 100 cm³/mol. The van der Waals surface area contributed by atoms with E-state index in [9.17, 15) is 62.3 Å². The molecule has 0 saturated carbocycles. The Morgan fingerprint density at radius 2 is 1.00 bits per heavy atom. The van der Waals surface area contributed by atoms with Gasteiger partial charge >= 0.3 is 47.3 Å². The SMILES string of the molecule is O=C(NO)C(F)(F)C(F)(F)C(F)(F)C(F)(F)C(F)(F)C(F)(F)C(=O)Nc1cccc(-c2ccccc2)c1. The van der Waals surface area contributed by atoms with Crippen molar-refractivity contribution in [3.63, 3.8) is 0 Å². The molecule has 0 aliphatic rings. The Kier molecular flexibility index (Phi) is 7.57. The lowest BCUT2D eigenvalue weighted by molar-refractivity contribution is -0.415. The minimum absolute atomic E-state index is 0.161. The van der Waals surface area contributed by atoms with Crippen LogP contribution in [0.4, 0.5) is 58.4 Å². The van der Waals surface area contributed by atoms with Gasteiger partial charge in [0.15, 0.2) is 0 Å². The van der Waals surface area contributed by atoms with E-state index in [1.165, 1.54) is 30.3 Å². The normalized spacial score (nSPS) is 13.8. The monoisotopic (exact) mass is 556 g/mol. The van der Waals surface area contributed by atoms with Crippen LogP contribution in [0.3, 0.4) is 0 Å². The fraction of sp³-hybridized carbons (Fsp3) is 0.300. The number of carbonyl (C=O) groups is 2. The molecular weight excluding hydrogens is 544 g/mol. The highest BCUT2D eigenvalue weighted by Crippen LogP contribution is 2.60. The summed E-state index contributed by atoms with van der Waals surface area (Å²) in [5.74, 6) is -52.7. The first-order valence-corrected chi connectivity index (χ1v) is 9.38. The van der Waals surface area contributed by atoms with Crippen molar-refractivity contribution in [2.75, 3.05) is 5.32 Å². The molecule has 204 valence electrons. The van der Waals surface area contributed by atoms with Gasteiger partial charge in [0.25, 0.3) is 0 Å². The molecule has 0 fully saturated rings. The van der Waals surface area contributed by atoms with Crippen LogP contribution in [-0.4, -0.2) is 52.6 Å². The summed E-state index contributed by atoms with van der Waals surface area (Å²) >= 11 is 0. The van der Waals surface area contributed by atoms with Crippen molar-refractivity contribution in [1.29, 1.82) is 0 Å². The minimum atomic E-state index is -8.09. The predicted octanol–water partition coefficient (Wildman–Crippen LogP) is 5.61. The van der Waals surface area contributed by atoms with E-state index in [0.29, 0.717) is 5.56 Å². The van der Waals surface area contributed by atoms with Gasteiger partial charge in [0.05, 0.1) is 0 Å². The molecule has 0 spiro atoms. The summed E-state index contributed by atoms with van der Waals surface area (Å²) in [7, 11) is 0. The van der Waals surface area contributed by atoms with E-state index >= 15 is 0 Å². The van der Waals surface area contributed by atoms with Crippen LogP contribution in [-0.2, 0) is 9.59 Å². The molecule has 2 amide bonds. The maximum Gasteiger partial charge on any atom is 0.394 e. The smallest absolute Gasteiger partial charge is 0.321 e. The van der Waals surface area contributed by atoms with Gasteiger partial charge in [0.2, 0.25) is 0 Å². The van der Waals surface area contributed by atoms with Gasteiger partial charge in [-0.05, 0) is 23.3 Å². The average Bonchev–Trinajstić information content (AvgIpc) is 2.83. The lowest BCUT2D eigenvalue weighted by Gasteiger charge is -2.40. The highest BCUT2D eigenvalue weighted by atomic mass is 19.4. The zero-order chi connectivity index (χ0) is 28.7. The van der Waals surface area contributed by atoms with E-state index in [4.69, 9.17) is 5.21 Å². The van der Waals surface area contributed by atoms with Gasteiger partial charge in [-0.15, -0.1) is 0 Å². The second kappa shape index (κ2) is 9.42. The topological polar surface area (TPSA) is 78.4 Å². The van der Waals surface area contributed by atoms with Crippen molar-refractivity contribution < 1.29 is 67.5 Å². The summed E-state index contributed by atoms with van der Waals surface area (Å²) in [5.41, 5.74) is -0.490. The van der Waals surface area contributed by atoms with Crippen LogP contribution >= 0.6 is 0 Å². The third-order valence-corrected chi connectivity index (χ3v) is 4.87.